The van der Waals surface area contributed by atoms with Gasteiger partial charge in [-0.1, -0.05) is 78.9 Å². The monoisotopic (exact) mass is 518 g/mol. The Labute approximate surface area is 225 Å². The van der Waals surface area contributed by atoms with Gasteiger partial charge in [-0.25, -0.2) is 0 Å². The van der Waals surface area contributed by atoms with E-state index in [0.29, 0.717) is 66.1 Å². The first-order chi connectivity index (χ1) is 18.9. The molecule has 0 aromatic heterocycles. The number of hydrogen-bond donors (Lipinski definition) is 0. The molecule has 3 aromatic rings. The molecule has 0 N–H and O–H groups in total. The van der Waals surface area contributed by atoms with Crippen molar-refractivity contribution in [2.45, 2.75) is 25.4 Å². The van der Waals surface area contributed by atoms with Crippen molar-refractivity contribution < 1.29 is 33.0 Å². The van der Waals surface area contributed by atoms with Gasteiger partial charge >= 0.3 is 7.12 Å². The van der Waals surface area contributed by atoms with Crippen molar-refractivity contribution in [1.29, 1.82) is 0 Å². The van der Waals surface area contributed by atoms with Crippen LogP contribution in [0.15, 0.2) is 78.9 Å². The summed E-state index contributed by atoms with van der Waals surface area (Å²) in [5.41, 5.74) is 5.14. The van der Waals surface area contributed by atoms with Gasteiger partial charge in [-0.15, -0.1) is 0 Å². The first-order valence-corrected chi connectivity index (χ1v) is 13.3. The quantitative estimate of drug-likeness (QED) is 0.486. The van der Waals surface area contributed by atoms with E-state index in [1.54, 1.807) is 0 Å². The summed E-state index contributed by atoms with van der Waals surface area (Å²) < 4.78 is 42.2. The molecule has 8 heteroatoms. The SMILES string of the molecule is c1ccc(C2OB(c3c4cccc3COCCOCCOCCOCCOC4)OC2c2ccccc2)cc1. The van der Waals surface area contributed by atoms with Crippen LogP contribution in [-0.4, -0.2) is 60.0 Å². The van der Waals surface area contributed by atoms with E-state index in [1.807, 2.05) is 42.5 Å². The molecular weight excluding hydrogens is 483 g/mol. The van der Waals surface area contributed by atoms with Crippen LogP contribution in [0.25, 0.3) is 0 Å². The highest BCUT2D eigenvalue weighted by Gasteiger charge is 2.44. The number of ether oxygens (including phenoxy) is 5. The van der Waals surface area contributed by atoms with Gasteiger partial charge in [0, 0.05) is 0 Å². The van der Waals surface area contributed by atoms with Gasteiger partial charge < -0.3 is 33.0 Å². The van der Waals surface area contributed by atoms with Crippen molar-refractivity contribution in [3.05, 3.63) is 101 Å². The standard InChI is InChI=1S/C30H35BO7/c1-3-8-24(9-4-1)29-30(25-10-5-2-6-11-25)38-31(37-29)28-26-12-7-13-27(28)23-36-21-19-34-17-15-32-14-16-33-18-20-35-22-26/h1-13,29-30H,14-23H2. The molecule has 2 unspecified atom stereocenters. The fourth-order valence-electron chi connectivity index (χ4n) is 4.73. The third kappa shape index (κ3) is 7.30. The zero-order valence-electron chi connectivity index (χ0n) is 21.7. The molecule has 2 aliphatic rings. The molecule has 0 spiro atoms. The topological polar surface area (TPSA) is 64.6 Å². The molecule has 7 nitrogen and oxygen atoms in total. The second kappa shape index (κ2) is 14.6. The minimum atomic E-state index is -0.570. The van der Waals surface area contributed by atoms with Gasteiger partial charge in [0.05, 0.1) is 78.3 Å². The molecule has 1 fully saturated rings. The van der Waals surface area contributed by atoms with Crippen molar-refractivity contribution in [1.82, 2.24) is 0 Å². The Balaban J connectivity index is 1.40. The Morgan fingerprint density at radius 3 is 1.26 bits per heavy atom. The lowest BCUT2D eigenvalue weighted by molar-refractivity contribution is -0.0142. The highest BCUT2D eigenvalue weighted by molar-refractivity contribution is 6.63. The third-order valence-corrected chi connectivity index (χ3v) is 6.60. The molecule has 2 heterocycles. The van der Waals surface area contributed by atoms with Crippen LogP contribution in [0.5, 0.6) is 0 Å². The van der Waals surface area contributed by atoms with Gasteiger partial charge in [0.25, 0.3) is 0 Å². The van der Waals surface area contributed by atoms with Crippen molar-refractivity contribution in [2.24, 2.45) is 0 Å². The van der Waals surface area contributed by atoms with Crippen LogP contribution in [0, 0.1) is 0 Å². The molecule has 200 valence electrons. The molecule has 2 atom stereocenters. The van der Waals surface area contributed by atoms with Crippen LogP contribution in [0.2, 0.25) is 0 Å². The van der Waals surface area contributed by atoms with E-state index in [2.05, 4.69) is 36.4 Å². The molecule has 0 saturated carbocycles. The van der Waals surface area contributed by atoms with Crippen LogP contribution >= 0.6 is 0 Å². The highest BCUT2D eigenvalue weighted by atomic mass is 16.7. The Morgan fingerprint density at radius 1 is 0.447 bits per heavy atom. The maximum absolute atomic E-state index is 6.70. The summed E-state index contributed by atoms with van der Waals surface area (Å²) in [6.07, 6.45) is -0.498. The van der Waals surface area contributed by atoms with Crippen LogP contribution < -0.4 is 5.46 Å². The van der Waals surface area contributed by atoms with Crippen LogP contribution in [0.1, 0.15) is 34.5 Å². The number of hydrogen-bond acceptors (Lipinski definition) is 7. The summed E-state index contributed by atoms with van der Waals surface area (Å²) in [5, 5.41) is 0. The molecule has 38 heavy (non-hydrogen) atoms. The lowest BCUT2D eigenvalue weighted by Crippen LogP contribution is -2.38. The summed E-state index contributed by atoms with van der Waals surface area (Å²) in [5.74, 6) is 0. The minimum Gasteiger partial charge on any atom is -0.397 e. The lowest BCUT2D eigenvalue weighted by atomic mass is 9.73. The van der Waals surface area contributed by atoms with Crippen molar-refractivity contribution in [2.75, 3.05) is 52.9 Å². The summed E-state index contributed by atoms with van der Waals surface area (Å²) in [7, 11) is -0.570. The van der Waals surface area contributed by atoms with Gasteiger partial charge in [0.1, 0.15) is 0 Å². The zero-order valence-corrected chi connectivity index (χ0v) is 21.7. The fraction of sp³-hybridized carbons (Fsp3) is 0.400. The summed E-state index contributed by atoms with van der Waals surface area (Å²) in [6.45, 7) is 4.92. The normalized spacial score (nSPS) is 22.5. The molecule has 3 aromatic carbocycles. The molecule has 0 radical (unpaired) electrons. The average Bonchev–Trinajstić information content (AvgIpc) is 3.41. The summed E-state index contributed by atoms with van der Waals surface area (Å²) >= 11 is 0. The fourth-order valence-corrected chi connectivity index (χ4v) is 4.73. The first kappa shape index (κ1) is 27.0. The van der Waals surface area contributed by atoms with E-state index in [4.69, 9.17) is 33.0 Å². The van der Waals surface area contributed by atoms with Crippen LogP contribution in [-0.2, 0) is 46.2 Å². The molecule has 0 aliphatic carbocycles. The third-order valence-electron chi connectivity index (χ3n) is 6.60. The van der Waals surface area contributed by atoms with E-state index >= 15 is 0 Å². The zero-order chi connectivity index (χ0) is 25.8. The van der Waals surface area contributed by atoms with Crippen molar-refractivity contribution >= 4 is 12.6 Å². The largest absolute Gasteiger partial charge is 0.495 e. The first-order valence-electron chi connectivity index (χ1n) is 13.3. The molecule has 1 saturated heterocycles. The Hall–Kier alpha value is -2.56. The van der Waals surface area contributed by atoms with Crippen LogP contribution in [0.4, 0.5) is 0 Å². The minimum absolute atomic E-state index is 0.249. The predicted octanol–water partition coefficient (Wildman–Crippen LogP) is 4.01. The van der Waals surface area contributed by atoms with E-state index < -0.39 is 7.12 Å². The number of fused-ring (bicyclic) bond motifs is 2. The Kier molecular flexibility index (Phi) is 10.4. The molecule has 2 bridgehead atoms. The smallest absolute Gasteiger partial charge is 0.397 e. The molecular formula is C30H35BO7. The van der Waals surface area contributed by atoms with E-state index in [9.17, 15) is 0 Å². The van der Waals surface area contributed by atoms with E-state index in [-0.39, 0.29) is 12.2 Å². The van der Waals surface area contributed by atoms with Crippen molar-refractivity contribution in [3.63, 3.8) is 0 Å². The van der Waals surface area contributed by atoms with Gasteiger partial charge in [0.2, 0.25) is 0 Å². The maximum Gasteiger partial charge on any atom is 0.495 e. The number of benzene rings is 3. The molecule has 5 rings (SSSR count). The van der Waals surface area contributed by atoms with E-state index in [1.165, 1.54) is 0 Å². The molecule has 2 aliphatic heterocycles. The van der Waals surface area contributed by atoms with Crippen LogP contribution in [0.3, 0.4) is 0 Å². The second-order valence-corrected chi connectivity index (χ2v) is 9.20. The predicted molar refractivity (Wildman–Crippen MR) is 144 cm³/mol. The average molecular weight is 518 g/mol. The Morgan fingerprint density at radius 2 is 0.842 bits per heavy atom. The summed E-state index contributed by atoms with van der Waals surface area (Å²) in [4.78, 5) is 0. The second-order valence-electron chi connectivity index (χ2n) is 9.20. The number of rotatable bonds is 3. The highest BCUT2D eigenvalue weighted by Crippen LogP contribution is 2.41. The lowest BCUT2D eigenvalue weighted by Gasteiger charge is -2.19. The van der Waals surface area contributed by atoms with E-state index in [0.717, 1.165) is 27.7 Å². The van der Waals surface area contributed by atoms with Gasteiger partial charge in [-0.2, -0.15) is 0 Å². The van der Waals surface area contributed by atoms with Crippen molar-refractivity contribution in [3.8, 4) is 0 Å². The van der Waals surface area contributed by atoms with Gasteiger partial charge in [-0.3, -0.25) is 0 Å². The van der Waals surface area contributed by atoms with Gasteiger partial charge in [-0.05, 0) is 27.7 Å². The summed E-state index contributed by atoms with van der Waals surface area (Å²) in [6, 6.07) is 26.7. The van der Waals surface area contributed by atoms with Gasteiger partial charge in [0.15, 0.2) is 0 Å². The molecule has 0 amide bonds. The maximum atomic E-state index is 6.70. The Bertz CT molecular complexity index is 1020.